The zero-order valence-electron chi connectivity index (χ0n) is 13.8. The zero-order chi connectivity index (χ0) is 21.3. The van der Waals surface area contributed by atoms with E-state index in [-0.39, 0.29) is 32.3 Å². The SMILES string of the molecule is N#Cc1nn(-c2cc(Cl)c(Oc3cc(S(=O)O)c(O)cn3)c(Cl)c2)c(=O)[nH]c1=O. The minimum absolute atomic E-state index is 0.0286. The van der Waals surface area contributed by atoms with Crippen molar-refractivity contribution in [3.05, 3.63) is 61.0 Å². The van der Waals surface area contributed by atoms with Crippen LogP contribution in [0.25, 0.3) is 5.69 Å². The van der Waals surface area contributed by atoms with Crippen LogP contribution in [0.2, 0.25) is 10.0 Å². The smallest absolute Gasteiger partial charge is 0.349 e. The number of hydrogen-bond acceptors (Lipinski definition) is 8. The lowest BCUT2D eigenvalue weighted by atomic mass is 10.3. The topological polar surface area (TPSA) is 171 Å². The van der Waals surface area contributed by atoms with Crippen LogP contribution in [0.15, 0.2) is 38.9 Å². The highest BCUT2D eigenvalue weighted by atomic mass is 35.5. The first-order valence-corrected chi connectivity index (χ1v) is 9.18. The number of nitrogens with one attached hydrogen (secondary N) is 1. The summed E-state index contributed by atoms with van der Waals surface area (Å²) in [4.78, 5) is 28.8. The van der Waals surface area contributed by atoms with Crippen molar-refractivity contribution in [3.63, 3.8) is 0 Å². The Morgan fingerprint density at radius 3 is 2.48 bits per heavy atom. The molecule has 0 saturated heterocycles. The van der Waals surface area contributed by atoms with Gasteiger partial charge in [-0.1, -0.05) is 23.2 Å². The molecule has 0 amide bonds. The molecule has 3 N–H and O–H groups in total. The van der Waals surface area contributed by atoms with E-state index in [9.17, 15) is 18.9 Å². The van der Waals surface area contributed by atoms with Crippen LogP contribution in [-0.4, -0.2) is 33.6 Å². The number of aromatic hydroxyl groups is 1. The third kappa shape index (κ3) is 4.13. The number of benzene rings is 1. The summed E-state index contributed by atoms with van der Waals surface area (Å²) in [7, 11) is 0. The summed E-state index contributed by atoms with van der Waals surface area (Å²) in [6, 6.07) is 5.01. The van der Waals surface area contributed by atoms with Gasteiger partial charge in [-0.05, 0) is 12.1 Å². The molecule has 1 aromatic carbocycles. The van der Waals surface area contributed by atoms with Gasteiger partial charge < -0.3 is 14.4 Å². The fraction of sp³-hybridized carbons (Fsp3) is 0. The molecule has 2 aromatic heterocycles. The van der Waals surface area contributed by atoms with E-state index in [1.165, 1.54) is 12.1 Å². The van der Waals surface area contributed by atoms with Gasteiger partial charge in [0, 0.05) is 6.07 Å². The van der Waals surface area contributed by atoms with Gasteiger partial charge in [0.25, 0.3) is 5.56 Å². The van der Waals surface area contributed by atoms with Crippen molar-refractivity contribution < 1.29 is 18.6 Å². The second-order valence-corrected chi connectivity index (χ2v) is 6.96. The van der Waals surface area contributed by atoms with Crippen molar-refractivity contribution in [2.75, 3.05) is 0 Å². The van der Waals surface area contributed by atoms with Crippen molar-refractivity contribution in [1.82, 2.24) is 19.7 Å². The third-order valence-corrected chi connectivity index (χ3v) is 4.64. The second-order valence-electron chi connectivity index (χ2n) is 5.21. The summed E-state index contributed by atoms with van der Waals surface area (Å²) < 4.78 is 26.5. The van der Waals surface area contributed by atoms with Crippen LogP contribution in [0, 0.1) is 11.3 Å². The van der Waals surface area contributed by atoms with Gasteiger partial charge in [0.2, 0.25) is 11.6 Å². The average Bonchev–Trinajstić information content (AvgIpc) is 2.65. The molecule has 0 bridgehead atoms. The van der Waals surface area contributed by atoms with Crippen LogP contribution in [-0.2, 0) is 11.1 Å². The second kappa shape index (κ2) is 8.02. The normalized spacial score (nSPS) is 11.7. The Balaban J connectivity index is 2.05. The van der Waals surface area contributed by atoms with E-state index in [2.05, 4.69) is 10.1 Å². The highest BCUT2D eigenvalue weighted by Gasteiger charge is 2.17. The number of hydrogen-bond donors (Lipinski definition) is 3. The molecule has 148 valence electrons. The van der Waals surface area contributed by atoms with Crippen LogP contribution >= 0.6 is 23.2 Å². The largest absolute Gasteiger partial charge is 0.505 e. The Labute approximate surface area is 173 Å². The number of nitriles is 1. The number of pyridine rings is 1. The number of aromatic amines is 1. The maximum atomic E-state index is 12.0. The quantitative estimate of drug-likeness (QED) is 0.493. The first-order chi connectivity index (χ1) is 13.7. The fourth-order valence-corrected chi connectivity index (χ4v) is 3.11. The maximum absolute atomic E-state index is 12.0. The molecule has 0 fully saturated rings. The van der Waals surface area contributed by atoms with Crippen molar-refractivity contribution in [3.8, 4) is 29.1 Å². The van der Waals surface area contributed by atoms with Gasteiger partial charge >= 0.3 is 5.69 Å². The average molecular weight is 456 g/mol. The van der Waals surface area contributed by atoms with Gasteiger partial charge in [0.1, 0.15) is 11.0 Å². The molecule has 1 unspecified atom stereocenters. The molecule has 0 saturated carbocycles. The van der Waals surface area contributed by atoms with E-state index in [1.54, 1.807) is 6.07 Å². The fourth-order valence-electron chi connectivity index (χ4n) is 2.13. The molecule has 0 aliphatic carbocycles. The van der Waals surface area contributed by atoms with Crippen molar-refractivity contribution in [1.29, 1.82) is 5.26 Å². The number of ether oxygens (including phenoxy) is 1. The number of aromatic nitrogens is 4. The minimum atomic E-state index is -2.49. The first kappa shape index (κ1) is 20.5. The standard InChI is InChI=1S/C15H7Cl2N5O6S/c16-7-1-6(22-15(25)20-14(24)9(4-18)21-22)2-8(17)13(7)28-12-3-11(29(26)27)10(23)5-19-12/h1-3,5,23H,(H,26,27)(H,20,24,25). The Morgan fingerprint density at radius 1 is 1.24 bits per heavy atom. The molecule has 3 aromatic rings. The molecule has 0 aliphatic heterocycles. The van der Waals surface area contributed by atoms with E-state index < -0.39 is 33.8 Å². The summed E-state index contributed by atoms with van der Waals surface area (Å²) in [5, 5.41) is 21.8. The Kier molecular flexibility index (Phi) is 5.66. The van der Waals surface area contributed by atoms with E-state index in [1.807, 2.05) is 4.98 Å². The predicted octanol–water partition coefficient (Wildman–Crippen LogP) is 1.57. The number of nitrogens with zero attached hydrogens (tertiary/aromatic N) is 4. The Hall–Kier alpha value is -3.24. The lowest BCUT2D eigenvalue weighted by molar-refractivity contribution is 0.433. The molecule has 0 aliphatic rings. The lowest BCUT2D eigenvalue weighted by Gasteiger charge is -2.12. The van der Waals surface area contributed by atoms with Crippen LogP contribution in [0.5, 0.6) is 17.4 Å². The minimum Gasteiger partial charge on any atom is -0.505 e. The molecular formula is C15H7Cl2N5O6S. The third-order valence-electron chi connectivity index (χ3n) is 3.38. The number of rotatable bonds is 4. The molecular weight excluding hydrogens is 449 g/mol. The van der Waals surface area contributed by atoms with Gasteiger partial charge in [0.05, 0.1) is 21.9 Å². The zero-order valence-corrected chi connectivity index (χ0v) is 16.1. The number of halogens is 2. The highest BCUT2D eigenvalue weighted by molar-refractivity contribution is 7.79. The van der Waals surface area contributed by atoms with Crippen LogP contribution < -0.4 is 16.0 Å². The number of H-pyrrole nitrogens is 1. The van der Waals surface area contributed by atoms with Gasteiger partial charge in [-0.25, -0.2) is 14.0 Å². The summed E-state index contributed by atoms with van der Waals surface area (Å²) in [6.45, 7) is 0. The summed E-state index contributed by atoms with van der Waals surface area (Å²) in [5.74, 6) is -0.812. The monoisotopic (exact) mass is 455 g/mol. The molecule has 11 nitrogen and oxygen atoms in total. The molecule has 3 rings (SSSR count). The van der Waals surface area contributed by atoms with Gasteiger partial charge in [0.15, 0.2) is 22.6 Å². The summed E-state index contributed by atoms with van der Waals surface area (Å²) >= 11 is 9.80. The van der Waals surface area contributed by atoms with E-state index >= 15 is 0 Å². The van der Waals surface area contributed by atoms with E-state index in [0.717, 1.165) is 12.3 Å². The van der Waals surface area contributed by atoms with Crippen molar-refractivity contribution in [2.45, 2.75) is 4.90 Å². The van der Waals surface area contributed by atoms with Crippen LogP contribution in [0.4, 0.5) is 0 Å². The van der Waals surface area contributed by atoms with Gasteiger partial charge in [-0.3, -0.25) is 9.78 Å². The van der Waals surface area contributed by atoms with Gasteiger partial charge in [-0.15, -0.1) is 5.10 Å². The molecule has 1 atom stereocenters. The Morgan fingerprint density at radius 2 is 1.90 bits per heavy atom. The predicted molar refractivity (Wildman–Crippen MR) is 100 cm³/mol. The molecule has 2 heterocycles. The van der Waals surface area contributed by atoms with Crippen molar-refractivity contribution >= 4 is 34.3 Å². The van der Waals surface area contributed by atoms with Crippen LogP contribution in [0.3, 0.4) is 0 Å². The summed E-state index contributed by atoms with van der Waals surface area (Å²) in [5.41, 5.74) is -2.39. The van der Waals surface area contributed by atoms with E-state index in [0.29, 0.717) is 4.68 Å². The molecule has 0 radical (unpaired) electrons. The first-order valence-electron chi connectivity index (χ1n) is 7.32. The van der Waals surface area contributed by atoms with E-state index in [4.69, 9.17) is 37.8 Å². The molecule has 14 heteroatoms. The summed E-state index contributed by atoms with van der Waals surface area (Å²) in [6.07, 6.45) is 0.905. The lowest BCUT2D eigenvalue weighted by Crippen LogP contribution is -2.33. The van der Waals surface area contributed by atoms with Crippen LogP contribution in [0.1, 0.15) is 5.69 Å². The van der Waals surface area contributed by atoms with Crippen molar-refractivity contribution in [2.24, 2.45) is 0 Å². The maximum Gasteiger partial charge on any atom is 0.349 e. The molecule has 29 heavy (non-hydrogen) atoms. The highest BCUT2D eigenvalue weighted by Crippen LogP contribution is 2.38. The van der Waals surface area contributed by atoms with Gasteiger partial charge in [-0.2, -0.15) is 9.94 Å². The Bertz CT molecular complexity index is 1290. The molecule has 0 spiro atoms.